The second-order valence-corrected chi connectivity index (χ2v) is 20.8. The molecule has 0 saturated carbocycles. The summed E-state index contributed by atoms with van der Waals surface area (Å²) in [6, 6.07) is -0.827. The van der Waals surface area contributed by atoms with Crippen LogP contribution in [0.4, 0.5) is 0 Å². The van der Waals surface area contributed by atoms with Gasteiger partial charge in [-0.25, -0.2) is 0 Å². The molecule has 0 aromatic rings. The number of hydrogen-bond acceptors (Lipinski definition) is 8. The molecule has 7 atom stereocenters. The highest BCUT2D eigenvalue weighted by Gasteiger charge is 2.44. The van der Waals surface area contributed by atoms with Crippen LogP contribution in [0.15, 0.2) is 48.6 Å². The molecule has 1 fully saturated rings. The van der Waals surface area contributed by atoms with E-state index >= 15 is 0 Å². The van der Waals surface area contributed by atoms with Crippen LogP contribution in [0.1, 0.15) is 277 Å². The van der Waals surface area contributed by atoms with E-state index in [-0.39, 0.29) is 12.5 Å². The normalized spacial score (nSPS) is 19.7. The lowest BCUT2D eigenvalue weighted by atomic mass is 9.99. The van der Waals surface area contributed by atoms with Crippen molar-refractivity contribution in [2.75, 3.05) is 13.2 Å². The van der Waals surface area contributed by atoms with Crippen LogP contribution in [-0.4, -0.2) is 87.5 Å². The van der Waals surface area contributed by atoms with E-state index in [0.29, 0.717) is 6.42 Å². The lowest BCUT2D eigenvalue weighted by molar-refractivity contribution is -0.302. The third-order valence-electron chi connectivity index (χ3n) is 14.1. The van der Waals surface area contributed by atoms with Crippen LogP contribution in [0.25, 0.3) is 0 Å². The first-order valence-electron chi connectivity index (χ1n) is 29.9. The van der Waals surface area contributed by atoms with Crippen LogP contribution >= 0.6 is 0 Å². The van der Waals surface area contributed by atoms with Gasteiger partial charge in [-0.2, -0.15) is 0 Å². The number of rotatable bonds is 51. The molecule has 9 nitrogen and oxygen atoms in total. The number of hydrogen-bond donors (Lipinski definition) is 6. The topological polar surface area (TPSA) is 149 Å². The van der Waals surface area contributed by atoms with E-state index in [9.17, 15) is 30.3 Å². The number of aliphatic hydroxyl groups excluding tert-OH is 5. The molecule has 0 radical (unpaired) electrons. The van der Waals surface area contributed by atoms with E-state index in [1.165, 1.54) is 205 Å². The summed E-state index contributed by atoms with van der Waals surface area (Å²) < 4.78 is 11.2. The highest BCUT2D eigenvalue weighted by molar-refractivity contribution is 5.76. The monoisotopic (exact) mass is 988 g/mol. The molecule has 0 aromatic carbocycles. The second-order valence-electron chi connectivity index (χ2n) is 20.8. The Morgan fingerprint density at radius 2 is 0.814 bits per heavy atom. The Bertz CT molecular complexity index is 1240. The summed E-state index contributed by atoms with van der Waals surface area (Å²) in [7, 11) is 0. The summed E-state index contributed by atoms with van der Waals surface area (Å²) in [5, 5.41) is 54.4. The fraction of sp³-hybridized carbons (Fsp3) is 0.852. The van der Waals surface area contributed by atoms with Gasteiger partial charge in [0.15, 0.2) is 6.29 Å². The molecule has 9 heteroatoms. The largest absolute Gasteiger partial charge is 0.394 e. The Morgan fingerprint density at radius 3 is 1.21 bits per heavy atom. The van der Waals surface area contributed by atoms with Crippen molar-refractivity contribution >= 4 is 5.91 Å². The lowest BCUT2D eigenvalue weighted by Crippen LogP contribution is -2.60. The highest BCUT2D eigenvalue weighted by Crippen LogP contribution is 2.23. The van der Waals surface area contributed by atoms with E-state index in [1.54, 1.807) is 6.08 Å². The molecule has 1 heterocycles. The molecule has 1 aliphatic rings. The van der Waals surface area contributed by atoms with Gasteiger partial charge in [0.05, 0.1) is 25.4 Å². The average Bonchev–Trinajstić information content (AvgIpc) is 3.36. The molecule has 1 aliphatic heterocycles. The van der Waals surface area contributed by atoms with Gasteiger partial charge < -0.3 is 40.3 Å². The Balaban J connectivity index is 2.12. The number of unbranched alkanes of at least 4 members (excludes halogenated alkanes) is 35. The maximum absolute atomic E-state index is 13.0. The maximum Gasteiger partial charge on any atom is 0.220 e. The van der Waals surface area contributed by atoms with Gasteiger partial charge in [-0.1, -0.05) is 249 Å². The molecule has 410 valence electrons. The number of aliphatic hydroxyl groups is 5. The second kappa shape index (κ2) is 50.7. The van der Waals surface area contributed by atoms with Crippen molar-refractivity contribution in [3.8, 4) is 0 Å². The van der Waals surface area contributed by atoms with Gasteiger partial charge in [0.2, 0.25) is 5.91 Å². The van der Waals surface area contributed by atoms with Gasteiger partial charge in [-0.05, 0) is 70.6 Å². The molecule has 6 N–H and O–H groups in total. The summed E-state index contributed by atoms with van der Waals surface area (Å²) >= 11 is 0. The molecule has 0 bridgehead atoms. The molecular formula is C61H113NO8. The zero-order chi connectivity index (χ0) is 50.8. The van der Waals surface area contributed by atoms with Crippen molar-refractivity contribution in [2.45, 2.75) is 320 Å². The Morgan fingerprint density at radius 1 is 0.471 bits per heavy atom. The van der Waals surface area contributed by atoms with Crippen LogP contribution in [0, 0.1) is 0 Å². The van der Waals surface area contributed by atoms with Crippen molar-refractivity contribution in [3.05, 3.63) is 48.6 Å². The van der Waals surface area contributed by atoms with Gasteiger partial charge in [0.25, 0.3) is 0 Å². The van der Waals surface area contributed by atoms with Crippen LogP contribution in [0.5, 0.6) is 0 Å². The minimum absolute atomic E-state index is 0.188. The third kappa shape index (κ3) is 39.7. The van der Waals surface area contributed by atoms with E-state index in [1.807, 2.05) is 6.08 Å². The summed E-state index contributed by atoms with van der Waals surface area (Å²) in [4.78, 5) is 13.0. The molecule has 1 amide bonds. The van der Waals surface area contributed by atoms with E-state index in [2.05, 4.69) is 55.6 Å². The highest BCUT2D eigenvalue weighted by atomic mass is 16.7. The molecule has 1 rings (SSSR count). The fourth-order valence-corrected chi connectivity index (χ4v) is 9.36. The summed E-state index contributed by atoms with van der Waals surface area (Å²) in [5.74, 6) is -0.188. The van der Waals surface area contributed by atoms with Gasteiger partial charge in [0, 0.05) is 6.42 Å². The van der Waals surface area contributed by atoms with Crippen molar-refractivity contribution in [3.63, 3.8) is 0 Å². The number of carbonyl (C=O) groups excluding carboxylic acids is 1. The first kappa shape index (κ1) is 66.2. The molecule has 0 spiro atoms. The first-order chi connectivity index (χ1) is 34.3. The van der Waals surface area contributed by atoms with E-state index < -0.39 is 49.5 Å². The summed E-state index contributed by atoms with van der Waals surface area (Å²) in [6.07, 6.45) is 60.6. The molecule has 7 unspecified atom stereocenters. The number of ether oxygens (including phenoxy) is 2. The SMILES string of the molecule is CCCCCC/C=C/CC/C=C/CC/C=C/C(O)C(COC1OC(CO)C(O)C(O)C1O)NC(=O)CCCCCCCCCCCCCCCCCCCCCCC/C=C\CCCCCCCCCC. The van der Waals surface area contributed by atoms with Crippen LogP contribution in [0.2, 0.25) is 0 Å². The van der Waals surface area contributed by atoms with Gasteiger partial charge >= 0.3 is 0 Å². The Hall–Kier alpha value is -1.85. The zero-order valence-electron chi connectivity index (χ0n) is 45.5. The number of allylic oxidation sites excluding steroid dienone is 7. The standard InChI is InChI=1S/C61H113NO8/c1-3-5-7-9-11-13-15-17-19-20-21-22-23-24-25-26-27-28-29-30-31-32-33-34-35-36-37-39-41-43-45-47-49-51-57(65)62-54(53-69-61-60(68)59(67)58(66)56(52-63)70-61)55(64)50-48-46-44-42-40-38-18-16-14-12-10-8-6-4-2/h14,16,20-21,40,42,48,50,54-56,58-61,63-64,66-68H,3-13,15,17-19,22-39,41,43-47,49,51-53H2,1-2H3,(H,62,65)/b16-14+,21-20-,42-40+,50-48+. The molecule has 70 heavy (non-hydrogen) atoms. The van der Waals surface area contributed by atoms with Crippen LogP contribution < -0.4 is 5.32 Å². The van der Waals surface area contributed by atoms with Crippen LogP contribution in [0.3, 0.4) is 0 Å². The quantitative estimate of drug-likeness (QED) is 0.0261. The maximum atomic E-state index is 13.0. The molecule has 0 aliphatic carbocycles. The smallest absolute Gasteiger partial charge is 0.220 e. The van der Waals surface area contributed by atoms with Gasteiger partial charge in [-0.15, -0.1) is 0 Å². The van der Waals surface area contributed by atoms with Crippen molar-refractivity contribution in [1.82, 2.24) is 5.32 Å². The fourth-order valence-electron chi connectivity index (χ4n) is 9.36. The number of carbonyl (C=O) groups is 1. The Kier molecular flexibility index (Phi) is 47.9. The predicted octanol–water partition coefficient (Wildman–Crippen LogP) is 14.9. The summed E-state index contributed by atoms with van der Waals surface area (Å²) in [5.41, 5.74) is 0. The minimum atomic E-state index is -1.57. The number of amides is 1. The van der Waals surface area contributed by atoms with Gasteiger partial charge in [0.1, 0.15) is 24.4 Å². The molecule has 1 saturated heterocycles. The summed E-state index contributed by atoms with van der Waals surface area (Å²) in [6.45, 7) is 3.75. The van der Waals surface area contributed by atoms with Crippen LogP contribution in [-0.2, 0) is 14.3 Å². The Labute approximate surface area is 431 Å². The molecular weight excluding hydrogens is 875 g/mol. The first-order valence-corrected chi connectivity index (χ1v) is 29.9. The van der Waals surface area contributed by atoms with Crippen molar-refractivity contribution in [2.24, 2.45) is 0 Å². The number of nitrogens with one attached hydrogen (secondary N) is 1. The average molecular weight is 989 g/mol. The third-order valence-corrected chi connectivity index (χ3v) is 14.1. The zero-order valence-corrected chi connectivity index (χ0v) is 45.5. The minimum Gasteiger partial charge on any atom is -0.394 e. The van der Waals surface area contributed by atoms with Crippen molar-refractivity contribution < 1.29 is 39.8 Å². The van der Waals surface area contributed by atoms with E-state index in [4.69, 9.17) is 9.47 Å². The van der Waals surface area contributed by atoms with Gasteiger partial charge in [-0.3, -0.25) is 4.79 Å². The van der Waals surface area contributed by atoms with Crippen molar-refractivity contribution in [1.29, 1.82) is 0 Å². The molecule has 0 aromatic heterocycles. The van der Waals surface area contributed by atoms with E-state index in [0.717, 1.165) is 51.4 Å². The predicted molar refractivity (Wildman–Crippen MR) is 295 cm³/mol. The lowest BCUT2D eigenvalue weighted by Gasteiger charge is -2.40.